The summed E-state index contributed by atoms with van der Waals surface area (Å²) in [6.07, 6.45) is -0.149. The van der Waals surface area contributed by atoms with E-state index in [1.165, 1.54) is 13.8 Å². The first-order valence-electron chi connectivity index (χ1n) is 7.13. The fourth-order valence-corrected chi connectivity index (χ4v) is 1.70. The van der Waals surface area contributed by atoms with Crippen LogP contribution in [0.25, 0.3) is 0 Å². The number of amides is 1. The van der Waals surface area contributed by atoms with E-state index in [1.807, 2.05) is 30.3 Å². The van der Waals surface area contributed by atoms with Crippen LogP contribution >= 0.6 is 0 Å². The van der Waals surface area contributed by atoms with Crippen molar-refractivity contribution in [3.05, 3.63) is 35.9 Å². The summed E-state index contributed by atoms with van der Waals surface area (Å²) in [6, 6.07) is 9.41. The predicted molar refractivity (Wildman–Crippen MR) is 79.7 cm³/mol. The summed E-state index contributed by atoms with van der Waals surface area (Å²) in [5.41, 5.74) is 0.930. The molecule has 0 aliphatic carbocycles. The van der Waals surface area contributed by atoms with Crippen LogP contribution in [0.3, 0.4) is 0 Å². The molecule has 120 valence electrons. The molecule has 1 rings (SSSR count). The maximum atomic E-state index is 11.5. The molecule has 1 atom stereocenters. The van der Waals surface area contributed by atoms with Gasteiger partial charge in [-0.15, -0.1) is 0 Å². The number of carbonyl (C=O) groups is 3. The number of carbonyl (C=O) groups excluding carboxylic acids is 3. The summed E-state index contributed by atoms with van der Waals surface area (Å²) in [7, 11) is 0. The number of hydrogen-bond acceptors (Lipinski definition) is 5. The first kappa shape index (κ1) is 17.7. The molecule has 0 radical (unpaired) electrons. The lowest BCUT2D eigenvalue weighted by molar-refractivity contribution is -0.152. The molecule has 1 aromatic rings. The SMILES string of the molecule is CC(=O)O[C@@H](C)C(=O)NCCCC(=O)OCc1ccccc1. The number of nitrogens with one attached hydrogen (secondary N) is 1. The molecule has 0 fully saturated rings. The molecule has 0 bridgehead atoms. The van der Waals surface area contributed by atoms with Gasteiger partial charge in [-0.2, -0.15) is 0 Å². The van der Waals surface area contributed by atoms with Crippen molar-refractivity contribution in [1.82, 2.24) is 5.32 Å². The van der Waals surface area contributed by atoms with E-state index in [2.05, 4.69) is 5.32 Å². The van der Waals surface area contributed by atoms with Crippen LogP contribution in [0.5, 0.6) is 0 Å². The van der Waals surface area contributed by atoms with Crippen molar-refractivity contribution < 1.29 is 23.9 Å². The van der Waals surface area contributed by atoms with E-state index in [0.29, 0.717) is 13.0 Å². The average Bonchev–Trinajstić information content (AvgIpc) is 2.49. The number of rotatable bonds is 8. The Balaban J connectivity index is 2.12. The molecular weight excluding hydrogens is 286 g/mol. The van der Waals surface area contributed by atoms with Crippen molar-refractivity contribution in [2.75, 3.05) is 6.54 Å². The Morgan fingerprint density at radius 2 is 1.86 bits per heavy atom. The highest BCUT2D eigenvalue weighted by molar-refractivity contribution is 5.82. The molecule has 6 heteroatoms. The van der Waals surface area contributed by atoms with Crippen LogP contribution in [-0.2, 0) is 30.5 Å². The maximum Gasteiger partial charge on any atom is 0.306 e. The first-order chi connectivity index (χ1) is 10.5. The minimum atomic E-state index is -0.831. The number of ether oxygens (including phenoxy) is 2. The highest BCUT2D eigenvalue weighted by atomic mass is 16.5. The van der Waals surface area contributed by atoms with Crippen LogP contribution in [-0.4, -0.2) is 30.5 Å². The zero-order chi connectivity index (χ0) is 16.4. The Bertz CT molecular complexity index is 501. The molecule has 1 N–H and O–H groups in total. The topological polar surface area (TPSA) is 81.7 Å². The van der Waals surface area contributed by atoms with E-state index in [1.54, 1.807) is 0 Å². The fraction of sp³-hybridized carbons (Fsp3) is 0.438. The lowest BCUT2D eigenvalue weighted by Gasteiger charge is -2.11. The van der Waals surface area contributed by atoms with Gasteiger partial charge in [0.2, 0.25) is 0 Å². The van der Waals surface area contributed by atoms with Crippen LogP contribution in [0.4, 0.5) is 0 Å². The Morgan fingerprint density at radius 3 is 2.50 bits per heavy atom. The third-order valence-corrected chi connectivity index (χ3v) is 2.81. The van der Waals surface area contributed by atoms with Crippen LogP contribution in [0.1, 0.15) is 32.3 Å². The van der Waals surface area contributed by atoms with Crippen molar-refractivity contribution in [2.24, 2.45) is 0 Å². The first-order valence-corrected chi connectivity index (χ1v) is 7.13. The Morgan fingerprint density at radius 1 is 1.18 bits per heavy atom. The lowest BCUT2D eigenvalue weighted by atomic mass is 10.2. The molecule has 1 aromatic carbocycles. The molecule has 0 saturated heterocycles. The van der Waals surface area contributed by atoms with Gasteiger partial charge in [0, 0.05) is 19.9 Å². The van der Waals surface area contributed by atoms with Gasteiger partial charge in [-0.05, 0) is 18.9 Å². The normalized spacial score (nSPS) is 11.4. The molecule has 0 saturated carbocycles. The minimum Gasteiger partial charge on any atom is -0.461 e. The maximum absolute atomic E-state index is 11.5. The third kappa shape index (κ3) is 7.42. The highest BCUT2D eigenvalue weighted by Gasteiger charge is 2.14. The van der Waals surface area contributed by atoms with Gasteiger partial charge >= 0.3 is 11.9 Å². The number of esters is 2. The zero-order valence-corrected chi connectivity index (χ0v) is 12.8. The van der Waals surface area contributed by atoms with Crippen LogP contribution in [0.2, 0.25) is 0 Å². The van der Waals surface area contributed by atoms with E-state index >= 15 is 0 Å². The molecule has 0 unspecified atom stereocenters. The molecule has 0 aromatic heterocycles. The second-order valence-corrected chi connectivity index (χ2v) is 4.79. The zero-order valence-electron chi connectivity index (χ0n) is 12.8. The van der Waals surface area contributed by atoms with Crippen LogP contribution < -0.4 is 5.32 Å². The molecular formula is C16H21NO5. The molecule has 0 aliphatic heterocycles. The smallest absolute Gasteiger partial charge is 0.306 e. The van der Waals surface area contributed by atoms with Gasteiger partial charge in [-0.3, -0.25) is 14.4 Å². The Hall–Kier alpha value is -2.37. The number of hydrogen-bond donors (Lipinski definition) is 1. The molecule has 0 heterocycles. The van der Waals surface area contributed by atoms with Crippen molar-refractivity contribution in [2.45, 2.75) is 39.4 Å². The van der Waals surface area contributed by atoms with Gasteiger partial charge < -0.3 is 14.8 Å². The van der Waals surface area contributed by atoms with Crippen LogP contribution in [0, 0.1) is 0 Å². The Labute approximate surface area is 129 Å². The summed E-state index contributed by atoms with van der Waals surface area (Å²) >= 11 is 0. The summed E-state index contributed by atoms with van der Waals surface area (Å²) < 4.78 is 9.85. The summed E-state index contributed by atoms with van der Waals surface area (Å²) in [5, 5.41) is 2.59. The monoisotopic (exact) mass is 307 g/mol. The minimum absolute atomic E-state index is 0.217. The average molecular weight is 307 g/mol. The molecule has 1 amide bonds. The van der Waals surface area contributed by atoms with Crippen molar-refractivity contribution in [3.63, 3.8) is 0 Å². The third-order valence-electron chi connectivity index (χ3n) is 2.81. The molecule has 0 spiro atoms. The van der Waals surface area contributed by atoms with Crippen molar-refractivity contribution in [3.8, 4) is 0 Å². The van der Waals surface area contributed by atoms with E-state index in [0.717, 1.165) is 5.56 Å². The predicted octanol–water partition coefficient (Wildman–Crippen LogP) is 1.58. The van der Waals surface area contributed by atoms with Crippen molar-refractivity contribution in [1.29, 1.82) is 0 Å². The standard InChI is InChI=1S/C16H21NO5/c1-12(22-13(2)18)16(20)17-10-6-9-15(19)21-11-14-7-4-3-5-8-14/h3-5,7-8,12H,6,9-11H2,1-2H3,(H,17,20)/t12-/m0/s1. The summed E-state index contributed by atoms with van der Waals surface area (Å²) in [5.74, 6) is -1.20. The van der Waals surface area contributed by atoms with Gasteiger partial charge in [0.25, 0.3) is 5.91 Å². The summed E-state index contributed by atoms with van der Waals surface area (Å²) in [6.45, 7) is 3.30. The second kappa shape index (κ2) is 9.55. The molecule has 22 heavy (non-hydrogen) atoms. The van der Waals surface area contributed by atoms with Crippen molar-refractivity contribution >= 4 is 17.8 Å². The fourth-order valence-electron chi connectivity index (χ4n) is 1.70. The Kier molecular flexibility index (Phi) is 7.67. The molecule has 6 nitrogen and oxygen atoms in total. The van der Waals surface area contributed by atoms with E-state index < -0.39 is 12.1 Å². The quantitative estimate of drug-likeness (QED) is 0.582. The van der Waals surface area contributed by atoms with E-state index in [-0.39, 0.29) is 24.9 Å². The van der Waals surface area contributed by atoms with Crippen LogP contribution in [0.15, 0.2) is 30.3 Å². The lowest BCUT2D eigenvalue weighted by Crippen LogP contribution is -2.36. The van der Waals surface area contributed by atoms with E-state index in [9.17, 15) is 14.4 Å². The number of benzene rings is 1. The van der Waals surface area contributed by atoms with Gasteiger partial charge in [0.05, 0.1) is 0 Å². The molecule has 0 aliphatic rings. The highest BCUT2D eigenvalue weighted by Crippen LogP contribution is 2.02. The van der Waals surface area contributed by atoms with Gasteiger partial charge in [-0.25, -0.2) is 0 Å². The van der Waals surface area contributed by atoms with Gasteiger partial charge in [-0.1, -0.05) is 30.3 Å². The van der Waals surface area contributed by atoms with E-state index in [4.69, 9.17) is 9.47 Å². The second-order valence-electron chi connectivity index (χ2n) is 4.79. The summed E-state index contributed by atoms with van der Waals surface area (Å²) in [4.78, 5) is 33.8. The van der Waals surface area contributed by atoms with Gasteiger partial charge in [0.1, 0.15) is 6.61 Å². The largest absolute Gasteiger partial charge is 0.461 e. The van der Waals surface area contributed by atoms with Gasteiger partial charge in [0.15, 0.2) is 6.10 Å².